The van der Waals surface area contributed by atoms with Crippen LogP contribution < -0.4 is 10.6 Å². The van der Waals surface area contributed by atoms with Crippen molar-refractivity contribution in [2.45, 2.75) is 26.8 Å². The molecule has 0 aliphatic carbocycles. The van der Waals surface area contributed by atoms with Crippen LogP contribution >= 0.6 is 0 Å². The van der Waals surface area contributed by atoms with Gasteiger partial charge in [0, 0.05) is 11.3 Å². The van der Waals surface area contributed by atoms with E-state index in [-0.39, 0.29) is 17.9 Å². The Labute approximate surface area is 193 Å². The summed E-state index contributed by atoms with van der Waals surface area (Å²) in [5.41, 5.74) is 7.11. The van der Waals surface area contributed by atoms with E-state index in [9.17, 15) is 4.79 Å². The van der Waals surface area contributed by atoms with Gasteiger partial charge in [-0.1, -0.05) is 77.4 Å². The molecule has 1 aliphatic heterocycles. The number of benzene rings is 3. The van der Waals surface area contributed by atoms with E-state index in [1.807, 2.05) is 29.8 Å². The smallest absolute Gasteiger partial charge is 0.258 e. The maximum absolute atomic E-state index is 12.8. The summed E-state index contributed by atoms with van der Waals surface area (Å²) in [6.07, 6.45) is 2.14. The van der Waals surface area contributed by atoms with Crippen LogP contribution in [-0.4, -0.2) is 20.7 Å². The second-order valence-corrected chi connectivity index (χ2v) is 8.45. The van der Waals surface area contributed by atoms with Crippen LogP contribution in [0.1, 0.15) is 44.2 Å². The zero-order valence-electron chi connectivity index (χ0n) is 18.8. The van der Waals surface area contributed by atoms with Crippen molar-refractivity contribution in [2.75, 3.05) is 10.6 Å². The molecule has 4 aromatic rings. The monoisotopic (exact) mass is 435 g/mol. The van der Waals surface area contributed by atoms with Crippen molar-refractivity contribution in [3.05, 3.63) is 112 Å². The van der Waals surface area contributed by atoms with Gasteiger partial charge >= 0.3 is 0 Å². The number of fused-ring (bicyclic) bond motifs is 1. The Balaban J connectivity index is 1.51. The van der Waals surface area contributed by atoms with E-state index in [1.54, 1.807) is 6.07 Å². The fourth-order valence-corrected chi connectivity index (χ4v) is 3.91. The molecule has 2 heterocycles. The molecule has 0 saturated carbocycles. The first-order valence-corrected chi connectivity index (χ1v) is 10.9. The molecule has 5 rings (SSSR count). The maximum atomic E-state index is 12.8. The minimum absolute atomic E-state index is 0.157. The number of hydrogen-bond acceptors (Lipinski definition) is 4. The van der Waals surface area contributed by atoms with Gasteiger partial charge in [-0.15, -0.1) is 5.10 Å². The standard InChI is InChI=1S/C27H25N5O/c1-17-7-11-20(12-8-17)23-16-24(21-13-9-18(2)10-14-21)32-27(28-23)30-26(31-32)29-25(33)22-6-4-5-19(3)15-22/h4-16,24H,1-3H3,(H2,28,29,30,31,33)/t24-/m1/s1. The Morgan fingerprint density at radius 3 is 2.30 bits per heavy atom. The Bertz CT molecular complexity index is 1350. The van der Waals surface area contributed by atoms with Gasteiger partial charge in [-0.25, -0.2) is 4.68 Å². The molecule has 164 valence electrons. The van der Waals surface area contributed by atoms with Crippen LogP contribution in [0.4, 0.5) is 11.9 Å². The molecule has 0 spiro atoms. The van der Waals surface area contributed by atoms with Crippen molar-refractivity contribution in [1.82, 2.24) is 14.8 Å². The Morgan fingerprint density at radius 2 is 1.61 bits per heavy atom. The van der Waals surface area contributed by atoms with Gasteiger partial charge in [-0.2, -0.15) is 4.98 Å². The number of nitrogens with one attached hydrogen (secondary N) is 2. The molecule has 0 fully saturated rings. The Kier molecular flexibility index (Phi) is 5.26. The van der Waals surface area contributed by atoms with Crippen LogP contribution in [0.2, 0.25) is 0 Å². The molecule has 6 nitrogen and oxygen atoms in total. The molecular formula is C27H25N5O. The lowest BCUT2D eigenvalue weighted by molar-refractivity contribution is 0.102. The molecule has 0 bridgehead atoms. The lowest BCUT2D eigenvalue weighted by Crippen LogP contribution is -2.20. The highest BCUT2D eigenvalue weighted by Gasteiger charge is 2.26. The molecule has 33 heavy (non-hydrogen) atoms. The van der Waals surface area contributed by atoms with Crippen LogP contribution in [0.5, 0.6) is 0 Å². The van der Waals surface area contributed by atoms with Crippen LogP contribution in [0.15, 0.2) is 78.9 Å². The number of anilines is 2. The second-order valence-electron chi connectivity index (χ2n) is 8.45. The van der Waals surface area contributed by atoms with Gasteiger partial charge < -0.3 is 5.32 Å². The van der Waals surface area contributed by atoms with E-state index in [0.717, 1.165) is 22.4 Å². The van der Waals surface area contributed by atoms with Crippen molar-refractivity contribution in [3.63, 3.8) is 0 Å². The quantitative estimate of drug-likeness (QED) is 0.443. The summed E-state index contributed by atoms with van der Waals surface area (Å²) in [7, 11) is 0. The molecule has 0 saturated heterocycles. The highest BCUT2D eigenvalue weighted by Crippen LogP contribution is 2.33. The molecule has 1 amide bonds. The average molecular weight is 436 g/mol. The van der Waals surface area contributed by atoms with E-state index in [0.29, 0.717) is 11.5 Å². The fraction of sp³-hybridized carbons (Fsp3) is 0.148. The topological polar surface area (TPSA) is 71.8 Å². The molecule has 0 radical (unpaired) electrons. The molecule has 1 aliphatic rings. The number of aromatic nitrogens is 3. The average Bonchev–Trinajstić information content (AvgIpc) is 3.22. The summed E-state index contributed by atoms with van der Waals surface area (Å²) in [5.74, 6) is 0.609. The number of aryl methyl sites for hydroxylation is 3. The molecule has 1 aromatic heterocycles. The largest absolute Gasteiger partial charge is 0.324 e. The van der Waals surface area contributed by atoms with Crippen LogP contribution in [0.25, 0.3) is 5.70 Å². The van der Waals surface area contributed by atoms with Gasteiger partial charge in [-0.3, -0.25) is 10.1 Å². The molecule has 0 unspecified atom stereocenters. The number of hydrogen-bond donors (Lipinski definition) is 2. The van der Waals surface area contributed by atoms with Gasteiger partial charge in [0.2, 0.25) is 5.95 Å². The molecule has 6 heteroatoms. The number of nitrogens with zero attached hydrogens (tertiary/aromatic N) is 3. The molecule has 2 N–H and O–H groups in total. The van der Waals surface area contributed by atoms with Crippen molar-refractivity contribution >= 4 is 23.5 Å². The fourth-order valence-electron chi connectivity index (χ4n) is 3.91. The molecular weight excluding hydrogens is 410 g/mol. The zero-order valence-corrected chi connectivity index (χ0v) is 18.8. The van der Waals surface area contributed by atoms with E-state index in [4.69, 9.17) is 0 Å². The number of carbonyl (C=O) groups excluding carboxylic acids is 1. The lowest BCUT2D eigenvalue weighted by Gasteiger charge is -2.24. The van der Waals surface area contributed by atoms with Crippen molar-refractivity contribution in [2.24, 2.45) is 0 Å². The predicted molar refractivity (Wildman–Crippen MR) is 131 cm³/mol. The minimum Gasteiger partial charge on any atom is -0.324 e. The number of carbonyl (C=O) groups is 1. The van der Waals surface area contributed by atoms with E-state index in [2.05, 4.69) is 89.2 Å². The van der Waals surface area contributed by atoms with Crippen LogP contribution in [0, 0.1) is 20.8 Å². The minimum atomic E-state index is -0.236. The van der Waals surface area contributed by atoms with E-state index >= 15 is 0 Å². The maximum Gasteiger partial charge on any atom is 0.258 e. The number of allylic oxidation sites excluding steroid dienone is 1. The Morgan fingerprint density at radius 1 is 0.909 bits per heavy atom. The first-order chi connectivity index (χ1) is 16.0. The summed E-state index contributed by atoms with van der Waals surface area (Å²) in [6.45, 7) is 6.10. The normalized spacial score (nSPS) is 14.8. The van der Waals surface area contributed by atoms with Gasteiger partial charge in [-0.05, 0) is 50.1 Å². The van der Waals surface area contributed by atoms with Crippen LogP contribution in [-0.2, 0) is 0 Å². The number of rotatable bonds is 4. The van der Waals surface area contributed by atoms with Gasteiger partial charge in [0.15, 0.2) is 0 Å². The van der Waals surface area contributed by atoms with Gasteiger partial charge in [0.05, 0.1) is 0 Å². The third-order valence-electron chi connectivity index (χ3n) is 5.75. The summed E-state index contributed by atoms with van der Waals surface area (Å²) in [4.78, 5) is 17.3. The van der Waals surface area contributed by atoms with Crippen molar-refractivity contribution in [3.8, 4) is 0 Å². The summed E-state index contributed by atoms with van der Waals surface area (Å²) in [6, 6.07) is 24.0. The summed E-state index contributed by atoms with van der Waals surface area (Å²) < 4.78 is 1.81. The number of amides is 1. The van der Waals surface area contributed by atoms with Crippen molar-refractivity contribution in [1.29, 1.82) is 0 Å². The third-order valence-corrected chi connectivity index (χ3v) is 5.75. The third kappa shape index (κ3) is 4.28. The summed E-state index contributed by atoms with van der Waals surface area (Å²) >= 11 is 0. The lowest BCUT2D eigenvalue weighted by atomic mass is 10.0. The van der Waals surface area contributed by atoms with Gasteiger partial charge in [0.1, 0.15) is 6.04 Å². The van der Waals surface area contributed by atoms with Crippen molar-refractivity contribution < 1.29 is 4.79 Å². The van der Waals surface area contributed by atoms with E-state index in [1.165, 1.54) is 11.1 Å². The molecule has 3 aromatic carbocycles. The highest BCUT2D eigenvalue weighted by molar-refractivity contribution is 6.03. The first-order valence-electron chi connectivity index (χ1n) is 10.9. The Hall–Kier alpha value is -4.19. The second kappa shape index (κ2) is 8.39. The predicted octanol–water partition coefficient (Wildman–Crippen LogP) is 5.51. The van der Waals surface area contributed by atoms with Gasteiger partial charge in [0.25, 0.3) is 11.9 Å². The van der Waals surface area contributed by atoms with E-state index < -0.39 is 0 Å². The SMILES string of the molecule is Cc1ccc(C2=C[C@H](c3ccc(C)cc3)n3nc(NC(=O)c4cccc(C)c4)nc3N2)cc1. The summed E-state index contributed by atoms with van der Waals surface area (Å²) in [5, 5.41) is 10.9. The zero-order chi connectivity index (χ0) is 22.9. The molecule has 1 atom stereocenters. The van der Waals surface area contributed by atoms with Crippen LogP contribution in [0.3, 0.4) is 0 Å². The highest BCUT2D eigenvalue weighted by atomic mass is 16.1. The first kappa shape index (κ1) is 20.7.